The third kappa shape index (κ3) is 3.77. The average Bonchev–Trinajstić information content (AvgIpc) is 3.49. The molecule has 2 aliphatic heterocycles. The van der Waals surface area contributed by atoms with Crippen LogP contribution in [0.2, 0.25) is 0 Å². The molecule has 158 valence electrons. The molecule has 3 aliphatic rings. The van der Waals surface area contributed by atoms with Crippen LogP contribution in [0.4, 0.5) is 5.00 Å². The summed E-state index contributed by atoms with van der Waals surface area (Å²) in [6.45, 7) is 1.38. The molecule has 1 aliphatic carbocycles. The van der Waals surface area contributed by atoms with E-state index < -0.39 is 6.10 Å². The normalized spacial score (nSPS) is 21.9. The highest BCUT2D eigenvalue weighted by atomic mass is 32.1. The summed E-state index contributed by atoms with van der Waals surface area (Å²) in [7, 11) is 0. The van der Waals surface area contributed by atoms with Crippen molar-refractivity contribution >= 4 is 28.2 Å². The number of hydrogen-bond donors (Lipinski definition) is 2. The molecule has 0 spiro atoms. The fraction of sp³-hybridized carbons (Fsp3) is 0.455. The molecule has 2 N–H and O–H groups in total. The lowest BCUT2D eigenvalue weighted by atomic mass is 10.1. The summed E-state index contributed by atoms with van der Waals surface area (Å²) >= 11 is 1.49. The Morgan fingerprint density at radius 3 is 2.83 bits per heavy atom. The maximum Gasteiger partial charge on any atom is 0.269 e. The second kappa shape index (κ2) is 8.28. The molecule has 2 aromatic rings. The minimum Gasteiger partial charge on any atom is -0.485 e. The van der Waals surface area contributed by atoms with Crippen molar-refractivity contribution < 1.29 is 23.8 Å². The number of thiophene rings is 1. The van der Waals surface area contributed by atoms with Gasteiger partial charge in [0.05, 0.1) is 11.7 Å². The lowest BCUT2D eigenvalue weighted by molar-refractivity contribution is -0.125. The monoisotopic (exact) mass is 428 g/mol. The first kappa shape index (κ1) is 19.4. The predicted molar refractivity (Wildman–Crippen MR) is 113 cm³/mol. The first-order chi connectivity index (χ1) is 14.7. The van der Waals surface area contributed by atoms with Gasteiger partial charge in [-0.1, -0.05) is 12.1 Å². The summed E-state index contributed by atoms with van der Waals surface area (Å²) in [6, 6.07) is 7.28. The van der Waals surface area contributed by atoms with Crippen LogP contribution >= 0.6 is 11.3 Å². The van der Waals surface area contributed by atoms with E-state index in [9.17, 15) is 9.59 Å². The molecule has 2 atom stereocenters. The SMILES string of the molecule is O=C(NC[C@@H]1CCCO1)c1c(NC(=O)[C@H]2COc3ccccc3O2)sc2c1CCC2. The van der Waals surface area contributed by atoms with Crippen LogP contribution in [0, 0.1) is 0 Å². The molecule has 7 nitrogen and oxygen atoms in total. The summed E-state index contributed by atoms with van der Waals surface area (Å²) in [5.41, 5.74) is 1.65. The standard InChI is InChI=1S/C22H24N2O5S/c25-20(17-12-28-15-7-1-2-8-16(15)29-17)24-22-19(14-6-3-9-18(14)30-22)21(26)23-11-13-5-4-10-27-13/h1-2,7-8,13,17H,3-6,9-12H2,(H,23,26)(H,24,25)/t13-,17+/m0/s1. The Bertz CT molecular complexity index is 966. The molecule has 0 unspecified atom stereocenters. The highest BCUT2D eigenvalue weighted by Crippen LogP contribution is 2.39. The van der Waals surface area contributed by atoms with Gasteiger partial charge in [-0.25, -0.2) is 0 Å². The van der Waals surface area contributed by atoms with Crippen LogP contribution in [0.1, 0.15) is 40.1 Å². The van der Waals surface area contributed by atoms with Crippen LogP contribution in [0.5, 0.6) is 11.5 Å². The highest BCUT2D eigenvalue weighted by molar-refractivity contribution is 7.17. The number of amides is 2. The van der Waals surface area contributed by atoms with Gasteiger partial charge in [0.1, 0.15) is 11.6 Å². The van der Waals surface area contributed by atoms with Gasteiger partial charge in [0.2, 0.25) is 6.10 Å². The fourth-order valence-corrected chi connectivity index (χ4v) is 5.46. The maximum absolute atomic E-state index is 13.0. The zero-order valence-electron chi connectivity index (χ0n) is 16.6. The second-order valence-corrected chi connectivity index (χ2v) is 8.87. The minimum absolute atomic E-state index is 0.0755. The molecule has 0 saturated carbocycles. The number of aryl methyl sites for hydroxylation is 1. The molecule has 1 saturated heterocycles. The maximum atomic E-state index is 13.0. The molecule has 3 heterocycles. The topological polar surface area (TPSA) is 85.9 Å². The largest absolute Gasteiger partial charge is 0.485 e. The zero-order valence-corrected chi connectivity index (χ0v) is 17.4. The molecular weight excluding hydrogens is 404 g/mol. The lowest BCUT2D eigenvalue weighted by Gasteiger charge is -2.25. The molecule has 0 radical (unpaired) electrons. The molecular formula is C22H24N2O5S. The zero-order chi connectivity index (χ0) is 20.5. The Labute approximate surface area is 178 Å². The van der Waals surface area contributed by atoms with Crippen LogP contribution in [0.15, 0.2) is 24.3 Å². The second-order valence-electron chi connectivity index (χ2n) is 7.76. The number of carbonyl (C=O) groups is 2. The van der Waals surface area contributed by atoms with E-state index in [-0.39, 0.29) is 24.5 Å². The first-order valence-electron chi connectivity index (χ1n) is 10.4. The minimum atomic E-state index is -0.764. The summed E-state index contributed by atoms with van der Waals surface area (Å²) in [6.07, 6.45) is 4.15. The van der Waals surface area contributed by atoms with Crippen LogP contribution in [-0.4, -0.2) is 43.8 Å². The quantitative estimate of drug-likeness (QED) is 0.765. The van der Waals surface area contributed by atoms with E-state index in [1.54, 1.807) is 6.07 Å². The Morgan fingerprint density at radius 1 is 1.13 bits per heavy atom. The highest BCUT2D eigenvalue weighted by Gasteiger charge is 2.32. The molecule has 5 rings (SSSR count). The number of benzene rings is 1. The molecule has 0 bridgehead atoms. The van der Waals surface area contributed by atoms with Gasteiger partial charge in [0.25, 0.3) is 11.8 Å². The fourth-order valence-electron chi connectivity index (χ4n) is 4.17. The van der Waals surface area contributed by atoms with Gasteiger partial charge < -0.3 is 24.8 Å². The number of para-hydroxylation sites is 2. The Morgan fingerprint density at radius 2 is 2.00 bits per heavy atom. The van der Waals surface area contributed by atoms with Crippen LogP contribution in [0.25, 0.3) is 0 Å². The molecule has 1 aromatic carbocycles. The Kier molecular flexibility index (Phi) is 5.35. The van der Waals surface area contributed by atoms with Crippen LogP contribution in [0.3, 0.4) is 0 Å². The van der Waals surface area contributed by atoms with Crippen molar-refractivity contribution in [2.24, 2.45) is 0 Å². The lowest BCUT2D eigenvalue weighted by Crippen LogP contribution is -2.40. The molecule has 2 amide bonds. The van der Waals surface area contributed by atoms with E-state index in [0.717, 1.165) is 44.3 Å². The molecule has 8 heteroatoms. The predicted octanol–water partition coefficient (Wildman–Crippen LogP) is 2.92. The van der Waals surface area contributed by atoms with Crippen molar-refractivity contribution in [1.29, 1.82) is 0 Å². The van der Waals surface area contributed by atoms with E-state index in [4.69, 9.17) is 14.2 Å². The molecule has 1 fully saturated rings. The van der Waals surface area contributed by atoms with E-state index in [1.807, 2.05) is 18.2 Å². The van der Waals surface area contributed by atoms with E-state index in [1.165, 1.54) is 16.2 Å². The Balaban J connectivity index is 1.31. The van der Waals surface area contributed by atoms with Gasteiger partial charge in [0.15, 0.2) is 11.5 Å². The summed E-state index contributed by atoms with van der Waals surface area (Å²) in [4.78, 5) is 27.1. The van der Waals surface area contributed by atoms with Gasteiger partial charge in [-0.3, -0.25) is 9.59 Å². The van der Waals surface area contributed by atoms with Crippen LogP contribution in [-0.2, 0) is 22.4 Å². The first-order valence-corrected chi connectivity index (χ1v) is 11.2. The molecule has 30 heavy (non-hydrogen) atoms. The smallest absolute Gasteiger partial charge is 0.269 e. The molecule has 1 aromatic heterocycles. The van der Waals surface area contributed by atoms with Crippen molar-refractivity contribution in [1.82, 2.24) is 5.32 Å². The van der Waals surface area contributed by atoms with Crippen LogP contribution < -0.4 is 20.1 Å². The third-order valence-corrected chi connectivity index (χ3v) is 6.91. The summed E-state index contributed by atoms with van der Waals surface area (Å²) in [5, 5.41) is 6.52. The summed E-state index contributed by atoms with van der Waals surface area (Å²) in [5.74, 6) is 0.724. The van der Waals surface area contributed by atoms with E-state index in [2.05, 4.69) is 10.6 Å². The number of carbonyl (C=O) groups excluding carboxylic acids is 2. The average molecular weight is 429 g/mol. The number of ether oxygens (including phenoxy) is 3. The number of fused-ring (bicyclic) bond motifs is 2. The van der Waals surface area contributed by atoms with Gasteiger partial charge >= 0.3 is 0 Å². The van der Waals surface area contributed by atoms with Gasteiger partial charge in [-0.15, -0.1) is 11.3 Å². The Hall–Kier alpha value is -2.58. The van der Waals surface area contributed by atoms with Crippen molar-refractivity contribution in [3.8, 4) is 11.5 Å². The van der Waals surface area contributed by atoms with Gasteiger partial charge in [-0.2, -0.15) is 0 Å². The van der Waals surface area contributed by atoms with E-state index in [0.29, 0.717) is 28.6 Å². The third-order valence-electron chi connectivity index (χ3n) is 5.70. The van der Waals surface area contributed by atoms with Crippen molar-refractivity contribution in [2.75, 3.05) is 25.1 Å². The van der Waals surface area contributed by atoms with Crippen molar-refractivity contribution in [3.63, 3.8) is 0 Å². The van der Waals surface area contributed by atoms with Crippen molar-refractivity contribution in [3.05, 3.63) is 40.3 Å². The number of anilines is 1. The number of rotatable bonds is 5. The summed E-state index contributed by atoms with van der Waals surface area (Å²) < 4.78 is 17.1. The van der Waals surface area contributed by atoms with Crippen molar-refractivity contribution in [2.45, 2.75) is 44.3 Å². The van der Waals surface area contributed by atoms with Gasteiger partial charge in [0, 0.05) is 18.0 Å². The number of nitrogens with one attached hydrogen (secondary N) is 2. The number of hydrogen-bond acceptors (Lipinski definition) is 6. The van der Waals surface area contributed by atoms with E-state index >= 15 is 0 Å². The van der Waals surface area contributed by atoms with Gasteiger partial charge in [-0.05, 0) is 49.8 Å².